The van der Waals surface area contributed by atoms with Crippen LogP contribution in [-0.4, -0.2) is 34.7 Å². The van der Waals surface area contributed by atoms with Crippen LogP contribution < -0.4 is 0 Å². The third kappa shape index (κ3) is 3.28. The summed E-state index contributed by atoms with van der Waals surface area (Å²) in [5.41, 5.74) is 1.02. The number of non-ortho nitro benzene ring substituents is 1. The van der Waals surface area contributed by atoms with E-state index in [1.54, 1.807) is 24.9 Å². The zero-order valence-corrected chi connectivity index (χ0v) is 12.3. The third-order valence-corrected chi connectivity index (χ3v) is 3.93. The van der Waals surface area contributed by atoms with Crippen molar-refractivity contribution in [3.05, 3.63) is 39.4 Å². The van der Waals surface area contributed by atoms with Crippen LogP contribution in [0.25, 0.3) is 0 Å². The lowest BCUT2D eigenvalue weighted by atomic mass is 9.84. The summed E-state index contributed by atoms with van der Waals surface area (Å²) in [7, 11) is 1.72. The maximum Gasteiger partial charge on any atom is 0.270 e. The van der Waals surface area contributed by atoms with Crippen LogP contribution in [0, 0.1) is 23.0 Å². The van der Waals surface area contributed by atoms with Crippen molar-refractivity contribution in [3.63, 3.8) is 0 Å². The van der Waals surface area contributed by atoms with Crippen LogP contribution in [0.4, 0.5) is 5.69 Å². The molecule has 2 rings (SSSR count). The highest BCUT2D eigenvalue weighted by Crippen LogP contribution is 2.32. The lowest BCUT2D eigenvalue weighted by molar-refractivity contribution is -0.384. The molecule has 1 aromatic carbocycles. The molecule has 0 unspecified atom stereocenters. The molecule has 0 saturated heterocycles. The lowest BCUT2D eigenvalue weighted by Gasteiger charge is -2.34. The Labute approximate surface area is 122 Å². The van der Waals surface area contributed by atoms with Crippen molar-refractivity contribution < 1.29 is 9.72 Å². The molecule has 0 heterocycles. The second-order valence-electron chi connectivity index (χ2n) is 5.43. The number of rotatable bonds is 4. The van der Waals surface area contributed by atoms with Gasteiger partial charge in [-0.05, 0) is 37.3 Å². The fraction of sp³-hybridized carbons (Fsp3) is 0.500. The lowest BCUT2D eigenvalue weighted by Crippen LogP contribution is -2.37. The van der Waals surface area contributed by atoms with E-state index < -0.39 is 4.92 Å². The first-order valence-electron chi connectivity index (χ1n) is 6.52. The first-order chi connectivity index (χ1) is 9.36. The topological polar surface area (TPSA) is 63.5 Å². The molecule has 1 saturated carbocycles. The number of carbonyl (C=O) groups excluding carboxylic acids is 1. The quantitative estimate of drug-likeness (QED) is 0.487. The minimum atomic E-state index is -0.478. The molecular formula is C14H17ClN2O3. The Hall–Kier alpha value is -1.62. The van der Waals surface area contributed by atoms with E-state index >= 15 is 0 Å². The number of nitrogens with zero attached hydrogens (tertiary/aromatic N) is 2. The van der Waals surface area contributed by atoms with Gasteiger partial charge in [0.2, 0.25) is 0 Å². The van der Waals surface area contributed by atoms with E-state index in [4.69, 9.17) is 11.6 Å². The molecule has 0 N–H and O–H groups in total. The summed E-state index contributed by atoms with van der Waals surface area (Å²) in [6, 6.07) is 4.47. The molecular weight excluding hydrogens is 280 g/mol. The fourth-order valence-electron chi connectivity index (χ4n) is 2.49. The minimum absolute atomic E-state index is 0.0498. The Morgan fingerprint density at radius 2 is 2.10 bits per heavy atom. The van der Waals surface area contributed by atoms with Gasteiger partial charge in [0.25, 0.3) is 11.6 Å². The van der Waals surface area contributed by atoms with Crippen LogP contribution in [0.1, 0.15) is 28.8 Å². The Balaban J connectivity index is 2.09. The van der Waals surface area contributed by atoms with Crippen LogP contribution in [0.2, 0.25) is 0 Å². The Kier molecular flexibility index (Phi) is 4.28. The van der Waals surface area contributed by atoms with Gasteiger partial charge < -0.3 is 4.90 Å². The Bertz CT molecular complexity index is 541. The molecule has 1 amide bonds. The van der Waals surface area contributed by atoms with Crippen LogP contribution in [-0.2, 0) is 0 Å². The summed E-state index contributed by atoms with van der Waals surface area (Å²) in [5.74, 6) is 0.251. The highest BCUT2D eigenvalue weighted by molar-refractivity contribution is 6.21. The second kappa shape index (κ2) is 5.79. The predicted octanol–water partition coefficient (Wildman–Crippen LogP) is 2.99. The SMILES string of the molecule is Cc1cc(C(=O)N(C)CC2CC(Cl)C2)cc([N+](=O)[O-])c1. The van der Waals surface area contributed by atoms with E-state index in [0.29, 0.717) is 23.6 Å². The van der Waals surface area contributed by atoms with Crippen LogP contribution >= 0.6 is 11.6 Å². The fourth-order valence-corrected chi connectivity index (χ4v) is 2.99. The zero-order chi connectivity index (χ0) is 14.9. The third-order valence-electron chi connectivity index (χ3n) is 3.58. The number of benzene rings is 1. The maximum atomic E-state index is 12.3. The minimum Gasteiger partial charge on any atom is -0.341 e. The van der Waals surface area contributed by atoms with Crippen molar-refractivity contribution in [1.29, 1.82) is 0 Å². The molecule has 0 radical (unpaired) electrons. The van der Waals surface area contributed by atoms with E-state index in [9.17, 15) is 14.9 Å². The number of halogens is 1. The monoisotopic (exact) mass is 296 g/mol. The van der Waals surface area contributed by atoms with Gasteiger partial charge >= 0.3 is 0 Å². The van der Waals surface area contributed by atoms with E-state index in [-0.39, 0.29) is 17.0 Å². The standard InChI is InChI=1S/C14H17ClN2O3/c1-9-3-11(7-13(4-9)17(19)20)14(18)16(2)8-10-5-12(15)6-10/h3-4,7,10,12H,5-6,8H2,1-2H3. The van der Waals surface area contributed by atoms with E-state index in [1.165, 1.54) is 12.1 Å². The number of nitro benzene ring substituents is 1. The summed E-state index contributed by atoms with van der Waals surface area (Å²) < 4.78 is 0. The van der Waals surface area contributed by atoms with Gasteiger partial charge in [0.05, 0.1) is 4.92 Å². The average molecular weight is 297 g/mol. The maximum absolute atomic E-state index is 12.3. The number of alkyl halides is 1. The molecule has 0 bridgehead atoms. The van der Waals surface area contributed by atoms with Crippen molar-refractivity contribution >= 4 is 23.2 Å². The Morgan fingerprint density at radius 3 is 2.65 bits per heavy atom. The normalized spacial score (nSPS) is 21.1. The van der Waals surface area contributed by atoms with Crippen molar-refractivity contribution in [2.24, 2.45) is 5.92 Å². The predicted molar refractivity (Wildman–Crippen MR) is 77.2 cm³/mol. The number of hydrogen-bond donors (Lipinski definition) is 0. The first kappa shape index (κ1) is 14.8. The van der Waals surface area contributed by atoms with E-state index in [1.807, 2.05) is 0 Å². The highest BCUT2D eigenvalue weighted by Gasteiger charge is 2.29. The van der Waals surface area contributed by atoms with Gasteiger partial charge in [-0.2, -0.15) is 0 Å². The van der Waals surface area contributed by atoms with Gasteiger partial charge in [-0.25, -0.2) is 0 Å². The van der Waals surface area contributed by atoms with Crippen LogP contribution in [0.15, 0.2) is 18.2 Å². The molecule has 20 heavy (non-hydrogen) atoms. The molecule has 5 nitrogen and oxygen atoms in total. The molecule has 0 atom stereocenters. The number of nitro groups is 1. The van der Waals surface area contributed by atoms with Crippen molar-refractivity contribution in [1.82, 2.24) is 4.90 Å². The average Bonchev–Trinajstić information content (AvgIpc) is 2.35. The van der Waals surface area contributed by atoms with Crippen molar-refractivity contribution in [2.45, 2.75) is 25.1 Å². The van der Waals surface area contributed by atoms with Crippen molar-refractivity contribution in [3.8, 4) is 0 Å². The van der Waals surface area contributed by atoms with Crippen LogP contribution in [0.3, 0.4) is 0 Å². The van der Waals surface area contributed by atoms with Gasteiger partial charge in [0, 0.05) is 36.7 Å². The molecule has 0 aliphatic heterocycles. The first-order valence-corrected chi connectivity index (χ1v) is 6.96. The molecule has 6 heteroatoms. The largest absolute Gasteiger partial charge is 0.341 e. The van der Waals surface area contributed by atoms with Gasteiger partial charge in [0.15, 0.2) is 0 Å². The van der Waals surface area contributed by atoms with E-state index in [2.05, 4.69) is 0 Å². The molecule has 1 aromatic rings. The molecule has 108 valence electrons. The number of hydrogen-bond acceptors (Lipinski definition) is 3. The van der Waals surface area contributed by atoms with Crippen molar-refractivity contribution in [2.75, 3.05) is 13.6 Å². The summed E-state index contributed by atoms with van der Waals surface area (Å²) in [6.07, 6.45) is 1.85. The molecule has 1 aliphatic rings. The summed E-state index contributed by atoms with van der Waals surface area (Å²) in [5, 5.41) is 11.1. The Morgan fingerprint density at radius 1 is 1.45 bits per heavy atom. The number of carbonyl (C=O) groups is 1. The zero-order valence-electron chi connectivity index (χ0n) is 11.5. The number of aryl methyl sites for hydroxylation is 1. The summed E-state index contributed by atoms with van der Waals surface area (Å²) in [4.78, 5) is 24.3. The molecule has 0 aromatic heterocycles. The van der Waals surface area contributed by atoms with Gasteiger partial charge in [-0.1, -0.05) is 0 Å². The van der Waals surface area contributed by atoms with E-state index in [0.717, 1.165) is 12.8 Å². The molecule has 0 spiro atoms. The summed E-state index contributed by atoms with van der Waals surface area (Å²) in [6.45, 7) is 2.39. The summed E-state index contributed by atoms with van der Waals surface area (Å²) >= 11 is 5.92. The van der Waals surface area contributed by atoms with Gasteiger partial charge in [-0.15, -0.1) is 11.6 Å². The molecule has 1 fully saturated rings. The van der Waals surface area contributed by atoms with Gasteiger partial charge in [0.1, 0.15) is 0 Å². The number of amides is 1. The highest BCUT2D eigenvalue weighted by atomic mass is 35.5. The smallest absolute Gasteiger partial charge is 0.270 e. The second-order valence-corrected chi connectivity index (χ2v) is 6.05. The van der Waals surface area contributed by atoms with Gasteiger partial charge in [-0.3, -0.25) is 14.9 Å². The molecule has 1 aliphatic carbocycles. The van der Waals surface area contributed by atoms with Crippen LogP contribution in [0.5, 0.6) is 0 Å².